The molecule has 0 spiro atoms. The van der Waals surface area contributed by atoms with Crippen LogP contribution in [0.1, 0.15) is 5.56 Å². The minimum Gasteiger partial charge on any atom is -0.495 e. The van der Waals surface area contributed by atoms with Crippen LogP contribution in [0.2, 0.25) is 0 Å². The molecule has 0 radical (unpaired) electrons. The number of furan rings is 1. The van der Waals surface area contributed by atoms with E-state index in [0.717, 1.165) is 17.3 Å². The van der Waals surface area contributed by atoms with Crippen molar-refractivity contribution in [2.75, 3.05) is 18.2 Å². The molecule has 2 aromatic heterocycles. The van der Waals surface area contributed by atoms with Gasteiger partial charge in [0.25, 0.3) is 0 Å². The number of thioether (sulfide) groups is 1. The third-order valence-corrected chi connectivity index (χ3v) is 4.70. The number of amides is 2. The lowest BCUT2D eigenvalue weighted by atomic mass is 10.2. The van der Waals surface area contributed by atoms with Crippen LogP contribution in [0.3, 0.4) is 0 Å². The Labute approximate surface area is 165 Å². The standard InChI is InChI=1S/C18H19N5O4S/c1-11-5-6-13(26-2)12(8-11)20-16(25)10-28-18-22-21-17(14-4-3-7-27-14)23(18)9-15(19)24/h3-8H,9-10H2,1-2H3,(H2,19,24)(H,20,25). The number of nitrogens with zero attached hydrogens (tertiary/aromatic N) is 3. The second kappa shape index (κ2) is 8.61. The summed E-state index contributed by atoms with van der Waals surface area (Å²) in [4.78, 5) is 23.8. The molecule has 9 nitrogen and oxygen atoms in total. The highest BCUT2D eigenvalue weighted by atomic mass is 32.2. The Morgan fingerprint density at radius 3 is 2.82 bits per heavy atom. The Balaban J connectivity index is 1.73. The Hall–Kier alpha value is -3.27. The maximum atomic E-state index is 12.4. The van der Waals surface area contributed by atoms with Gasteiger partial charge in [-0.15, -0.1) is 10.2 Å². The molecule has 146 valence electrons. The van der Waals surface area contributed by atoms with Crippen LogP contribution in [-0.4, -0.2) is 39.4 Å². The molecular weight excluding hydrogens is 382 g/mol. The highest BCUT2D eigenvalue weighted by Gasteiger charge is 2.19. The van der Waals surface area contributed by atoms with Crippen LogP contribution < -0.4 is 15.8 Å². The van der Waals surface area contributed by atoms with Gasteiger partial charge in [0.05, 0.1) is 24.8 Å². The molecule has 2 amide bonds. The maximum absolute atomic E-state index is 12.4. The van der Waals surface area contributed by atoms with E-state index in [1.165, 1.54) is 17.9 Å². The predicted octanol–water partition coefficient (Wildman–Crippen LogP) is 2.07. The summed E-state index contributed by atoms with van der Waals surface area (Å²) < 4.78 is 12.1. The first-order chi connectivity index (χ1) is 13.5. The number of aromatic nitrogens is 3. The second-order valence-corrected chi connectivity index (χ2v) is 6.82. The van der Waals surface area contributed by atoms with Gasteiger partial charge in [0.2, 0.25) is 17.6 Å². The molecule has 3 aromatic rings. The van der Waals surface area contributed by atoms with Gasteiger partial charge in [-0.05, 0) is 36.8 Å². The number of nitrogens with two attached hydrogens (primary N) is 1. The van der Waals surface area contributed by atoms with Crippen molar-refractivity contribution in [3.63, 3.8) is 0 Å². The van der Waals surface area contributed by atoms with Gasteiger partial charge >= 0.3 is 0 Å². The zero-order valence-electron chi connectivity index (χ0n) is 15.3. The Morgan fingerprint density at radius 2 is 2.14 bits per heavy atom. The van der Waals surface area contributed by atoms with Crippen LogP contribution in [0, 0.1) is 6.92 Å². The quantitative estimate of drug-likeness (QED) is 0.554. The highest BCUT2D eigenvalue weighted by Crippen LogP contribution is 2.27. The lowest BCUT2D eigenvalue weighted by Gasteiger charge is -2.11. The molecule has 0 aliphatic rings. The van der Waals surface area contributed by atoms with Crippen molar-refractivity contribution in [1.29, 1.82) is 0 Å². The number of carbonyl (C=O) groups excluding carboxylic acids is 2. The molecule has 0 unspecified atom stereocenters. The van der Waals surface area contributed by atoms with Crippen LogP contribution in [0.25, 0.3) is 11.6 Å². The molecule has 3 rings (SSSR count). The fourth-order valence-corrected chi connectivity index (χ4v) is 3.26. The molecule has 0 saturated carbocycles. The van der Waals surface area contributed by atoms with Gasteiger partial charge in [-0.2, -0.15) is 0 Å². The lowest BCUT2D eigenvalue weighted by Crippen LogP contribution is -2.20. The monoisotopic (exact) mass is 401 g/mol. The maximum Gasteiger partial charge on any atom is 0.237 e. The molecule has 0 saturated heterocycles. The van der Waals surface area contributed by atoms with E-state index in [1.807, 2.05) is 19.1 Å². The van der Waals surface area contributed by atoms with Crippen molar-refractivity contribution < 1.29 is 18.7 Å². The van der Waals surface area contributed by atoms with E-state index in [4.69, 9.17) is 14.9 Å². The van der Waals surface area contributed by atoms with Gasteiger partial charge in [-0.25, -0.2) is 0 Å². The third-order valence-electron chi connectivity index (χ3n) is 3.73. The number of benzene rings is 1. The first kappa shape index (κ1) is 19.5. The minimum atomic E-state index is -0.552. The first-order valence-corrected chi connectivity index (χ1v) is 9.29. The summed E-state index contributed by atoms with van der Waals surface area (Å²) in [6.45, 7) is 1.80. The lowest BCUT2D eigenvalue weighted by molar-refractivity contribution is -0.118. The molecule has 2 heterocycles. The summed E-state index contributed by atoms with van der Waals surface area (Å²) in [7, 11) is 1.54. The van der Waals surface area contributed by atoms with E-state index >= 15 is 0 Å². The summed E-state index contributed by atoms with van der Waals surface area (Å²) in [5.41, 5.74) is 6.91. The number of rotatable bonds is 8. The second-order valence-electron chi connectivity index (χ2n) is 5.88. The number of aryl methyl sites for hydroxylation is 1. The molecule has 3 N–H and O–H groups in total. The van der Waals surface area contributed by atoms with E-state index in [2.05, 4.69) is 15.5 Å². The molecule has 1 aromatic carbocycles. The highest BCUT2D eigenvalue weighted by molar-refractivity contribution is 7.99. The predicted molar refractivity (Wildman–Crippen MR) is 104 cm³/mol. The SMILES string of the molecule is COc1ccc(C)cc1NC(=O)CSc1nnc(-c2ccco2)n1CC(N)=O. The largest absolute Gasteiger partial charge is 0.495 e. The Morgan fingerprint density at radius 1 is 1.32 bits per heavy atom. The zero-order valence-corrected chi connectivity index (χ0v) is 16.2. The van der Waals surface area contributed by atoms with E-state index < -0.39 is 5.91 Å². The number of anilines is 1. The van der Waals surface area contributed by atoms with Crippen molar-refractivity contribution in [1.82, 2.24) is 14.8 Å². The number of methoxy groups -OCH3 is 1. The minimum absolute atomic E-state index is 0.0617. The number of carbonyl (C=O) groups is 2. The average Bonchev–Trinajstić information content (AvgIpc) is 3.29. The van der Waals surface area contributed by atoms with Crippen LogP contribution in [0.5, 0.6) is 5.75 Å². The molecule has 10 heteroatoms. The van der Waals surface area contributed by atoms with Gasteiger partial charge < -0.3 is 20.2 Å². The molecular formula is C18H19N5O4S. The van der Waals surface area contributed by atoms with Crippen LogP contribution >= 0.6 is 11.8 Å². The zero-order chi connectivity index (χ0) is 20.1. The fourth-order valence-electron chi connectivity index (χ4n) is 2.52. The number of hydrogen-bond donors (Lipinski definition) is 2. The van der Waals surface area contributed by atoms with Crippen LogP contribution in [0.15, 0.2) is 46.2 Å². The summed E-state index contributed by atoms with van der Waals surface area (Å²) in [6.07, 6.45) is 1.49. The third kappa shape index (κ3) is 4.52. The van der Waals surface area contributed by atoms with Crippen molar-refractivity contribution in [3.05, 3.63) is 42.2 Å². The summed E-state index contributed by atoms with van der Waals surface area (Å²) in [5.74, 6) is 0.652. The summed E-state index contributed by atoms with van der Waals surface area (Å²) in [5, 5.41) is 11.3. The number of primary amides is 1. The van der Waals surface area contributed by atoms with E-state index in [1.54, 1.807) is 18.2 Å². The molecule has 0 atom stereocenters. The number of ether oxygens (including phenoxy) is 1. The smallest absolute Gasteiger partial charge is 0.237 e. The summed E-state index contributed by atoms with van der Waals surface area (Å²) >= 11 is 1.14. The summed E-state index contributed by atoms with van der Waals surface area (Å²) in [6, 6.07) is 8.91. The van der Waals surface area contributed by atoms with Crippen LogP contribution in [0.4, 0.5) is 5.69 Å². The number of nitrogens with one attached hydrogen (secondary N) is 1. The van der Waals surface area contributed by atoms with Crippen molar-refractivity contribution >= 4 is 29.3 Å². The van der Waals surface area contributed by atoms with E-state index in [0.29, 0.717) is 28.2 Å². The van der Waals surface area contributed by atoms with Gasteiger partial charge in [0, 0.05) is 0 Å². The van der Waals surface area contributed by atoms with Gasteiger partial charge in [0.15, 0.2) is 10.9 Å². The van der Waals surface area contributed by atoms with Crippen molar-refractivity contribution in [3.8, 4) is 17.3 Å². The fraction of sp³-hybridized carbons (Fsp3) is 0.222. The van der Waals surface area contributed by atoms with Crippen molar-refractivity contribution in [2.24, 2.45) is 5.73 Å². The topological polar surface area (TPSA) is 125 Å². The average molecular weight is 401 g/mol. The molecule has 0 bridgehead atoms. The van der Waals surface area contributed by atoms with Crippen LogP contribution in [-0.2, 0) is 16.1 Å². The van der Waals surface area contributed by atoms with E-state index in [9.17, 15) is 9.59 Å². The Kier molecular flexibility index (Phi) is 5.99. The van der Waals surface area contributed by atoms with Crippen molar-refractivity contribution in [2.45, 2.75) is 18.6 Å². The van der Waals surface area contributed by atoms with Gasteiger partial charge in [-0.3, -0.25) is 14.2 Å². The molecule has 28 heavy (non-hydrogen) atoms. The molecule has 0 fully saturated rings. The number of hydrogen-bond acceptors (Lipinski definition) is 7. The van der Waals surface area contributed by atoms with Gasteiger partial charge in [0.1, 0.15) is 12.3 Å². The molecule has 0 aliphatic carbocycles. The normalized spacial score (nSPS) is 10.6. The van der Waals surface area contributed by atoms with Gasteiger partial charge in [-0.1, -0.05) is 17.8 Å². The van der Waals surface area contributed by atoms with E-state index in [-0.39, 0.29) is 18.2 Å². The Bertz CT molecular complexity index is 984. The molecule has 0 aliphatic heterocycles. The first-order valence-electron chi connectivity index (χ1n) is 8.30.